The normalized spacial score (nSPS) is 11.6. The van der Waals surface area contributed by atoms with E-state index in [1.165, 1.54) is 16.2 Å². The standard InChI is InChI=1S/C17H17NO2S3/c1-11-4-7-14(16-8-5-12(2)21-16)10-15(11)18-23(19,20)17-9-6-13(3)22-17/h4-10,18H,1-3H3. The number of sulfonamides is 1. The fourth-order valence-electron chi connectivity index (χ4n) is 2.23. The van der Waals surface area contributed by atoms with Crippen LogP contribution in [0.15, 0.2) is 46.7 Å². The number of hydrogen-bond donors (Lipinski definition) is 1. The van der Waals surface area contributed by atoms with Gasteiger partial charge in [0.05, 0.1) is 5.69 Å². The molecule has 0 aliphatic carbocycles. The molecule has 0 amide bonds. The van der Waals surface area contributed by atoms with Crippen LogP contribution in [0.5, 0.6) is 0 Å². The fourth-order valence-corrected chi connectivity index (χ4v) is 5.50. The molecule has 0 saturated carbocycles. The molecule has 0 bridgehead atoms. The Morgan fingerprint density at radius 1 is 0.870 bits per heavy atom. The Kier molecular flexibility index (Phi) is 4.31. The zero-order chi connectivity index (χ0) is 16.6. The smallest absolute Gasteiger partial charge is 0.271 e. The molecule has 0 radical (unpaired) electrons. The fraction of sp³-hybridized carbons (Fsp3) is 0.176. The summed E-state index contributed by atoms with van der Waals surface area (Å²) in [6.45, 7) is 5.86. The Bertz CT molecular complexity index is 952. The van der Waals surface area contributed by atoms with Crippen molar-refractivity contribution in [2.75, 3.05) is 4.72 Å². The second-order valence-electron chi connectivity index (χ2n) is 5.41. The first kappa shape index (κ1) is 16.2. The lowest BCUT2D eigenvalue weighted by molar-refractivity contribution is 0.603. The summed E-state index contributed by atoms with van der Waals surface area (Å²) in [7, 11) is -3.54. The quantitative estimate of drug-likeness (QED) is 0.692. The van der Waals surface area contributed by atoms with E-state index in [-0.39, 0.29) is 0 Å². The lowest BCUT2D eigenvalue weighted by atomic mass is 10.1. The Labute approximate surface area is 144 Å². The van der Waals surface area contributed by atoms with Gasteiger partial charge in [0, 0.05) is 14.6 Å². The van der Waals surface area contributed by atoms with Gasteiger partial charge in [-0.1, -0.05) is 12.1 Å². The minimum Gasteiger partial charge on any atom is -0.279 e. The summed E-state index contributed by atoms with van der Waals surface area (Å²) in [5.74, 6) is 0. The number of benzene rings is 1. The van der Waals surface area contributed by atoms with E-state index < -0.39 is 10.0 Å². The van der Waals surface area contributed by atoms with Crippen molar-refractivity contribution >= 4 is 38.4 Å². The maximum absolute atomic E-state index is 12.5. The van der Waals surface area contributed by atoms with E-state index >= 15 is 0 Å². The molecule has 0 atom stereocenters. The number of anilines is 1. The molecule has 0 aliphatic heterocycles. The average Bonchev–Trinajstić information content (AvgIpc) is 3.10. The molecule has 1 aromatic carbocycles. The average molecular weight is 364 g/mol. The summed E-state index contributed by atoms with van der Waals surface area (Å²) in [5.41, 5.74) is 2.55. The summed E-state index contributed by atoms with van der Waals surface area (Å²) in [6, 6.07) is 13.5. The molecule has 23 heavy (non-hydrogen) atoms. The molecule has 6 heteroatoms. The number of thiophene rings is 2. The molecule has 3 nitrogen and oxygen atoms in total. The van der Waals surface area contributed by atoms with Crippen LogP contribution in [-0.2, 0) is 10.0 Å². The molecule has 3 rings (SSSR count). The van der Waals surface area contributed by atoms with Crippen molar-refractivity contribution < 1.29 is 8.42 Å². The molecule has 0 saturated heterocycles. The van der Waals surface area contributed by atoms with Crippen molar-refractivity contribution in [1.29, 1.82) is 0 Å². The van der Waals surface area contributed by atoms with Gasteiger partial charge in [-0.15, -0.1) is 22.7 Å². The molecular formula is C17H17NO2S3. The number of rotatable bonds is 4. The van der Waals surface area contributed by atoms with Gasteiger partial charge in [0.25, 0.3) is 10.0 Å². The molecule has 120 valence electrons. The van der Waals surface area contributed by atoms with Gasteiger partial charge in [-0.3, -0.25) is 4.72 Å². The Balaban J connectivity index is 1.96. The highest BCUT2D eigenvalue weighted by Crippen LogP contribution is 2.32. The van der Waals surface area contributed by atoms with Crippen LogP contribution >= 0.6 is 22.7 Å². The van der Waals surface area contributed by atoms with E-state index in [1.54, 1.807) is 17.4 Å². The van der Waals surface area contributed by atoms with Gasteiger partial charge in [-0.2, -0.15) is 0 Å². The van der Waals surface area contributed by atoms with Crippen LogP contribution in [0.2, 0.25) is 0 Å². The van der Waals surface area contributed by atoms with Crippen LogP contribution in [-0.4, -0.2) is 8.42 Å². The van der Waals surface area contributed by atoms with Crippen molar-refractivity contribution in [1.82, 2.24) is 0 Å². The summed E-state index contributed by atoms with van der Waals surface area (Å²) in [6.07, 6.45) is 0. The third kappa shape index (κ3) is 3.49. The second-order valence-corrected chi connectivity index (χ2v) is 9.90. The number of nitrogens with one attached hydrogen (secondary N) is 1. The first-order chi connectivity index (χ1) is 10.8. The molecule has 3 aromatic rings. The van der Waals surface area contributed by atoms with Crippen molar-refractivity contribution in [3.8, 4) is 10.4 Å². The zero-order valence-corrected chi connectivity index (χ0v) is 15.5. The molecule has 0 unspecified atom stereocenters. The van der Waals surface area contributed by atoms with Crippen LogP contribution in [0.1, 0.15) is 15.3 Å². The third-order valence-corrected chi connectivity index (χ3v) is 7.40. The Morgan fingerprint density at radius 3 is 2.17 bits per heavy atom. The predicted octanol–water partition coefficient (Wildman–Crippen LogP) is 5.20. The minimum atomic E-state index is -3.54. The highest BCUT2D eigenvalue weighted by atomic mass is 32.2. The topological polar surface area (TPSA) is 46.2 Å². The monoisotopic (exact) mass is 363 g/mol. The summed E-state index contributed by atoms with van der Waals surface area (Å²) < 4.78 is 28.1. The molecule has 2 aromatic heterocycles. The van der Waals surface area contributed by atoms with E-state index in [1.807, 2.05) is 38.1 Å². The van der Waals surface area contributed by atoms with Crippen molar-refractivity contribution in [2.45, 2.75) is 25.0 Å². The lowest BCUT2D eigenvalue weighted by Gasteiger charge is -2.11. The first-order valence-corrected chi connectivity index (χ1v) is 10.2. The van der Waals surface area contributed by atoms with E-state index in [9.17, 15) is 8.42 Å². The van der Waals surface area contributed by atoms with Crippen molar-refractivity contribution in [2.24, 2.45) is 0 Å². The van der Waals surface area contributed by atoms with Crippen LogP contribution in [0.3, 0.4) is 0 Å². The molecule has 0 spiro atoms. The molecule has 0 fully saturated rings. The van der Waals surface area contributed by atoms with Gasteiger partial charge in [0.15, 0.2) is 0 Å². The highest BCUT2D eigenvalue weighted by molar-refractivity contribution is 7.94. The van der Waals surface area contributed by atoms with E-state index in [0.29, 0.717) is 9.90 Å². The van der Waals surface area contributed by atoms with Gasteiger partial charge in [-0.05, 0) is 62.2 Å². The zero-order valence-electron chi connectivity index (χ0n) is 13.1. The molecular weight excluding hydrogens is 346 g/mol. The molecule has 1 N–H and O–H groups in total. The van der Waals surface area contributed by atoms with Gasteiger partial charge in [0.2, 0.25) is 0 Å². The lowest BCUT2D eigenvalue weighted by Crippen LogP contribution is -2.12. The summed E-state index contributed by atoms with van der Waals surface area (Å²) in [4.78, 5) is 3.34. The highest BCUT2D eigenvalue weighted by Gasteiger charge is 2.17. The van der Waals surface area contributed by atoms with Crippen molar-refractivity contribution in [3.63, 3.8) is 0 Å². The van der Waals surface area contributed by atoms with E-state index in [2.05, 4.69) is 23.8 Å². The number of aryl methyl sites for hydroxylation is 3. The van der Waals surface area contributed by atoms with Gasteiger partial charge in [0.1, 0.15) is 4.21 Å². The Hall–Kier alpha value is -1.63. The van der Waals surface area contributed by atoms with E-state index in [4.69, 9.17) is 0 Å². The van der Waals surface area contributed by atoms with Crippen LogP contribution in [0.25, 0.3) is 10.4 Å². The first-order valence-electron chi connectivity index (χ1n) is 7.12. The maximum Gasteiger partial charge on any atom is 0.271 e. The van der Waals surface area contributed by atoms with Gasteiger partial charge < -0.3 is 0 Å². The van der Waals surface area contributed by atoms with Gasteiger partial charge >= 0.3 is 0 Å². The predicted molar refractivity (Wildman–Crippen MR) is 99.1 cm³/mol. The van der Waals surface area contributed by atoms with Crippen LogP contribution in [0, 0.1) is 20.8 Å². The summed E-state index contributed by atoms with van der Waals surface area (Å²) >= 11 is 2.97. The largest absolute Gasteiger partial charge is 0.279 e. The molecule has 2 heterocycles. The van der Waals surface area contributed by atoms with Gasteiger partial charge in [-0.25, -0.2) is 8.42 Å². The van der Waals surface area contributed by atoms with Crippen LogP contribution < -0.4 is 4.72 Å². The minimum absolute atomic E-state index is 0.340. The number of hydrogen-bond acceptors (Lipinski definition) is 4. The Morgan fingerprint density at radius 2 is 1.57 bits per heavy atom. The maximum atomic E-state index is 12.5. The third-order valence-electron chi connectivity index (χ3n) is 3.49. The SMILES string of the molecule is Cc1ccc(-c2ccc(C)c(NS(=O)(=O)c3ccc(C)s3)c2)s1. The summed E-state index contributed by atoms with van der Waals surface area (Å²) in [5, 5.41) is 0. The van der Waals surface area contributed by atoms with E-state index in [0.717, 1.165) is 20.9 Å². The van der Waals surface area contributed by atoms with Crippen molar-refractivity contribution in [3.05, 3.63) is 57.8 Å². The molecule has 0 aliphatic rings. The van der Waals surface area contributed by atoms with Crippen LogP contribution in [0.4, 0.5) is 5.69 Å². The second kappa shape index (κ2) is 6.11.